The molecule has 0 radical (unpaired) electrons. The zero-order valence-corrected chi connectivity index (χ0v) is 6.52. The lowest BCUT2D eigenvalue weighted by atomic mass is 10.2. The van der Waals surface area contributed by atoms with Crippen molar-refractivity contribution in [3.05, 3.63) is 0 Å². The molecule has 1 aliphatic rings. The summed E-state index contributed by atoms with van der Waals surface area (Å²) >= 11 is 0. The molecule has 0 amide bonds. The Balaban J connectivity index is 1.96. The molecule has 1 fully saturated rings. The summed E-state index contributed by atoms with van der Waals surface area (Å²) in [6.07, 6.45) is -2.58. The maximum atomic E-state index is 11.5. The fraction of sp³-hybridized carbons (Fsp3) is 1.00. The van der Waals surface area contributed by atoms with Crippen molar-refractivity contribution in [3.8, 4) is 0 Å². The minimum Gasteiger partial charge on any atom is -0.390 e. The summed E-state index contributed by atoms with van der Waals surface area (Å²) in [5.41, 5.74) is -0.717. The average Bonchev–Trinajstić information content (AvgIpc) is 2.60. The molecule has 0 heterocycles. The third-order valence-electron chi connectivity index (χ3n) is 1.80. The Morgan fingerprint density at radius 3 is 2.33 bits per heavy atom. The van der Waals surface area contributed by atoms with Crippen molar-refractivity contribution < 1.29 is 23.0 Å². The SMILES string of the molecule is OC1(CCOCC(F)(F)F)CC1. The van der Waals surface area contributed by atoms with Crippen LogP contribution in [-0.2, 0) is 4.74 Å². The first-order chi connectivity index (χ1) is 5.41. The first-order valence-electron chi connectivity index (χ1n) is 3.78. The lowest BCUT2D eigenvalue weighted by Gasteiger charge is -2.09. The molecule has 1 N–H and O–H groups in total. The van der Waals surface area contributed by atoms with Crippen LogP contribution in [-0.4, -0.2) is 30.1 Å². The van der Waals surface area contributed by atoms with E-state index in [2.05, 4.69) is 4.74 Å². The zero-order valence-electron chi connectivity index (χ0n) is 6.52. The van der Waals surface area contributed by atoms with Crippen molar-refractivity contribution in [1.82, 2.24) is 0 Å². The van der Waals surface area contributed by atoms with Gasteiger partial charge in [-0.2, -0.15) is 13.2 Å². The maximum absolute atomic E-state index is 11.5. The smallest absolute Gasteiger partial charge is 0.390 e. The molecule has 0 spiro atoms. The molecule has 2 nitrogen and oxygen atoms in total. The van der Waals surface area contributed by atoms with E-state index in [-0.39, 0.29) is 6.61 Å². The van der Waals surface area contributed by atoms with Gasteiger partial charge in [0.15, 0.2) is 0 Å². The number of aliphatic hydroxyl groups is 1. The monoisotopic (exact) mass is 184 g/mol. The standard InChI is InChI=1S/C7H11F3O2/c8-7(9,10)5-12-4-3-6(11)1-2-6/h11H,1-5H2. The van der Waals surface area contributed by atoms with Gasteiger partial charge in [-0.25, -0.2) is 0 Å². The molecule has 0 unspecified atom stereocenters. The van der Waals surface area contributed by atoms with Gasteiger partial charge in [0.05, 0.1) is 5.60 Å². The second-order valence-electron chi connectivity index (χ2n) is 3.14. The molecular formula is C7H11F3O2. The Bertz CT molecular complexity index is 144. The molecule has 0 aromatic rings. The van der Waals surface area contributed by atoms with Crippen molar-refractivity contribution in [1.29, 1.82) is 0 Å². The lowest BCUT2D eigenvalue weighted by Crippen LogP contribution is -2.19. The zero-order chi connectivity index (χ0) is 9.24. The normalized spacial score (nSPS) is 21.0. The minimum absolute atomic E-state index is 0.0178. The van der Waals surface area contributed by atoms with Crippen LogP contribution in [0.5, 0.6) is 0 Å². The van der Waals surface area contributed by atoms with E-state index in [0.717, 1.165) is 0 Å². The summed E-state index contributed by atoms with van der Waals surface area (Å²) in [7, 11) is 0. The van der Waals surface area contributed by atoms with E-state index in [1.165, 1.54) is 0 Å². The number of halogens is 3. The van der Waals surface area contributed by atoms with E-state index >= 15 is 0 Å². The van der Waals surface area contributed by atoms with Gasteiger partial charge < -0.3 is 9.84 Å². The van der Waals surface area contributed by atoms with Crippen molar-refractivity contribution in [3.63, 3.8) is 0 Å². The Morgan fingerprint density at radius 2 is 1.92 bits per heavy atom. The molecule has 72 valence electrons. The number of ether oxygens (including phenoxy) is 1. The van der Waals surface area contributed by atoms with E-state index in [0.29, 0.717) is 19.3 Å². The van der Waals surface area contributed by atoms with Crippen LogP contribution >= 0.6 is 0 Å². The van der Waals surface area contributed by atoms with Gasteiger partial charge in [-0.1, -0.05) is 0 Å². The summed E-state index contributed by atoms with van der Waals surface area (Å²) in [5.74, 6) is 0. The fourth-order valence-corrected chi connectivity index (χ4v) is 0.844. The topological polar surface area (TPSA) is 29.5 Å². The highest BCUT2D eigenvalue weighted by Crippen LogP contribution is 2.38. The molecule has 0 saturated heterocycles. The van der Waals surface area contributed by atoms with Crippen LogP contribution in [0.4, 0.5) is 13.2 Å². The first-order valence-corrected chi connectivity index (χ1v) is 3.78. The van der Waals surface area contributed by atoms with Gasteiger partial charge in [-0.3, -0.25) is 0 Å². The lowest BCUT2D eigenvalue weighted by molar-refractivity contribution is -0.175. The predicted molar refractivity (Wildman–Crippen MR) is 35.7 cm³/mol. The van der Waals surface area contributed by atoms with Crippen LogP contribution in [0.15, 0.2) is 0 Å². The molecule has 12 heavy (non-hydrogen) atoms. The third-order valence-corrected chi connectivity index (χ3v) is 1.80. The van der Waals surface area contributed by atoms with Gasteiger partial charge in [0.1, 0.15) is 6.61 Å². The Hall–Kier alpha value is -0.290. The van der Waals surface area contributed by atoms with E-state index < -0.39 is 18.4 Å². The van der Waals surface area contributed by atoms with Crippen molar-refractivity contribution >= 4 is 0 Å². The molecule has 0 atom stereocenters. The van der Waals surface area contributed by atoms with E-state index in [1.807, 2.05) is 0 Å². The largest absolute Gasteiger partial charge is 0.411 e. The summed E-state index contributed by atoms with van der Waals surface area (Å²) in [4.78, 5) is 0. The summed E-state index contributed by atoms with van der Waals surface area (Å²) in [6.45, 7) is -1.24. The highest BCUT2D eigenvalue weighted by molar-refractivity contribution is 4.92. The minimum atomic E-state index is -4.26. The highest BCUT2D eigenvalue weighted by Gasteiger charge is 2.39. The van der Waals surface area contributed by atoms with Crippen LogP contribution in [0.1, 0.15) is 19.3 Å². The van der Waals surface area contributed by atoms with Gasteiger partial charge in [-0.05, 0) is 19.3 Å². The maximum Gasteiger partial charge on any atom is 0.411 e. The molecular weight excluding hydrogens is 173 g/mol. The fourth-order valence-electron chi connectivity index (χ4n) is 0.844. The average molecular weight is 184 g/mol. The van der Waals surface area contributed by atoms with Gasteiger partial charge in [-0.15, -0.1) is 0 Å². The summed E-state index contributed by atoms with van der Waals surface area (Å²) in [6, 6.07) is 0. The highest BCUT2D eigenvalue weighted by atomic mass is 19.4. The number of rotatable bonds is 4. The molecule has 0 aromatic carbocycles. The number of hydrogen-bond donors (Lipinski definition) is 1. The van der Waals surface area contributed by atoms with Crippen molar-refractivity contribution in [2.24, 2.45) is 0 Å². The molecule has 1 aliphatic carbocycles. The van der Waals surface area contributed by atoms with Crippen molar-refractivity contribution in [2.75, 3.05) is 13.2 Å². The van der Waals surface area contributed by atoms with Crippen molar-refractivity contribution in [2.45, 2.75) is 31.0 Å². The van der Waals surface area contributed by atoms with E-state index in [4.69, 9.17) is 0 Å². The van der Waals surface area contributed by atoms with Gasteiger partial charge >= 0.3 is 6.18 Å². The summed E-state index contributed by atoms with van der Waals surface area (Å²) < 4.78 is 38.8. The van der Waals surface area contributed by atoms with Crippen LogP contribution in [0.2, 0.25) is 0 Å². The quantitative estimate of drug-likeness (QED) is 0.670. The van der Waals surface area contributed by atoms with E-state index in [9.17, 15) is 18.3 Å². The Labute approximate surface area is 68.3 Å². The Morgan fingerprint density at radius 1 is 1.33 bits per heavy atom. The van der Waals surface area contributed by atoms with Crippen LogP contribution in [0.25, 0.3) is 0 Å². The van der Waals surface area contributed by atoms with Gasteiger partial charge in [0.25, 0.3) is 0 Å². The second-order valence-corrected chi connectivity index (χ2v) is 3.14. The van der Waals surface area contributed by atoms with Gasteiger partial charge in [0, 0.05) is 6.61 Å². The molecule has 5 heteroatoms. The predicted octanol–water partition coefficient (Wildman–Crippen LogP) is 1.48. The second kappa shape index (κ2) is 3.22. The van der Waals surface area contributed by atoms with Crippen LogP contribution < -0.4 is 0 Å². The van der Waals surface area contributed by atoms with Gasteiger partial charge in [0.2, 0.25) is 0 Å². The molecule has 0 aromatic heterocycles. The number of hydrogen-bond acceptors (Lipinski definition) is 2. The summed E-state index contributed by atoms with van der Waals surface area (Å²) in [5, 5.41) is 9.20. The van der Waals surface area contributed by atoms with Crippen LogP contribution in [0, 0.1) is 0 Å². The Kier molecular flexibility index (Phi) is 2.63. The molecule has 1 saturated carbocycles. The number of alkyl halides is 3. The van der Waals surface area contributed by atoms with E-state index in [1.54, 1.807) is 0 Å². The molecule has 0 bridgehead atoms. The van der Waals surface area contributed by atoms with Crippen LogP contribution in [0.3, 0.4) is 0 Å². The molecule has 1 rings (SSSR count). The molecule has 0 aliphatic heterocycles. The first kappa shape index (κ1) is 9.80. The third kappa shape index (κ3) is 3.92.